The number of anilines is 1. The Morgan fingerprint density at radius 1 is 1.19 bits per heavy atom. The van der Waals surface area contributed by atoms with E-state index < -0.39 is 0 Å². The maximum atomic E-state index is 13.0. The molecule has 1 amide bonds. The molecule has 0 saturated carbocycles. The first-order chi connectivity index (χ1) is 13.1. The Kier molecular flexibility index (Phi) is 5.66. The van der Waals surface area contributed by atoms with Crippen LogP contribution in [-0.2, 0) is 9.47 Å². The molecule has 0 unspecified atom stereocenters. The molecule has 6 nitrogen and oxygen atoms in total. The lowest BCUT2D eigenvalue weighted by molar-refractivity contribution is -0.0683. The highest BCUT2D eigenvalue weighted by Gasteiger charge is 2.38. The van der Waals surface area contributed by atoms with Crippen molar-refractivity contribution in [2.75, 3.05) is 50.9 Å². The molecule has 3 atom stereocenters. The molecular weight excluding hydrogens is 342 g/mol. The fourth-order valence-corrected chi connectivity index (χ4v) is 4.42. The Morgan fingerprint density at radius 2 is 1.96 bits per heavy atom. The van der Waals surface area contributed by atoms with Gasteiger partial charge in [-0.1, -0.05) is 26.0 Å². The normalized spacial score (nSPS) is 29.0. The first kappa shape index (κ1) is 18.7. The van der Waals surface area contributed by atoms with Gasteiger partial charge in [0.25, 0.3) is 5.91 Å². The fourth-order valence-electron chi connectivity index (χ4n) is 4.42. The number of hydrogen-bond donors (Lipinski definition) is 1. The second kappa shape index (κ2) is 8.17. The molecule has 0 radical (unpaired) electrons. The van der Waals surface area contributed by atoms with Gasteiger partial charge in [-0.25, -0.2) is 0 Å². The Morgan fingerprint density at radius 3 is 2.74 bits per heavy atom. The largest absolute Gasteiger partial charge is 0.378 e. The molecule has 3 heterocycles. The molecule has 3 aliphatic heterocycles. The average Bonchev–Trinajstić information content (AvgIpc) is 3.10. The highest BCUT2D eigenvalue weighted by molar-refractivity contribution is 6.00. The molecule has 27 heavy (non-hydrogen) atoms. The van der Waals surface area contributed by atoms with Crippen LogP contribution in [0, 0.1) is 5.92 Å². The number of morpholine rings is 2. The van der Waals surface area contributed by atoms with Crippen molar-refractivity contribution < 1.29 is 14.3 Å². The van der Waals surface area contributed by atoms with E-state index in [1.807, 2.05) is 24.3 Å². The van der Waals surface area contributed by atoms with Gasteiger partial charge in [-0.15, -0.1) is 0 Å². The van der Waals surface area contributed by atoms with Crippen LogP contribution in [0.3, 0.4) is 0 Å². The zero-order chi connectivity index (χ0) is 18.8. The zero-order valence-corrected chi connectivity index (χ0v) is 16.4. The third-order valence-corrected chi connectivity index (χ3v) is 6.02. The van der Waals surface area contributed by atoms with Gasteiger partial charge in [0.2, 0.25) is 0 Å². The highest BCUT2D eigenvalue weighted by Crippen LogP contribution is 2.27. The highest BCUT2D eigenvalue weighted by atomic mass is 16.5. The molecule has 6 heteroatoms. The van der Waals surface area contributed by atoms with Crippen LogP contribution in [0.15, 0.2) is 24.3 Å². The van der Waals surface area contributed by atoms with E-state index in [9.17, 15) is 4.79 Å². The molecule has 3 saturated heterocycles. The number of para-hydroxylation sites is 1. The Labute approximate surface area is 161 Å². The van der Waals surface area contributed by atoms with Crippen molar-refractivity contribution in [3.63, 3.8) is 0 Å². The number of fused-ring (bicyclic) bond motifs is 1. The Hall–Kier alpha value is -1.63. The van der Waals surface area contributed by atoms with Gasteiger partial charge in [-0.3, -0.25) is 9.69 Å². The summed E-state index contributed by atoms with van der Waals surface area (Å²) in [5.74, 6) is 0.559. The molecule has 0 bridgehead atoms. The number of carbonyl (C=O) groups is 1. The van der Waals surface area contributed by atoms with Crippen molar-refractivity contribution in [2.24, 2.45) is 5.92 Å². The molecule has 148 valence electrons. The second-order valence-electron chi connectivity index (χ2n) is 8.25. The molecule has 1 N–H and O–H groups in total. The second-order valence-corrected chi connectivity index (χ2v) is 8.25. The summed E-state index contributed by atoms with van der Waals surface area (Å²) in [7, 11) is 0. The predicted octanol–water partition coefficient (Wildman–Crippen LogP) is 1.75. The molecule has 3 fully saturated rings. The number of rotatable bonds is 4. The van der Waals surface area contributed by atoms with Crippen molar-refractivity contribution in [1.82, 2.24) is 10.2 Å². The standard InChI is InChI=1S/C21H31N3O3/c1-15(2)20-13-24-12-16(11-17(24)14-27-20)22-21(25)18-5-3-4-6-19(18)23-7-9-26-10-8-23/h3-6,15-17,20H,7-14H2,1-2H3,(H,22,25)/t16-,17-,20-/m0/s1. The lowest BCUT2D eigenvalue weighted by atomic mass is 10.0. The van der Waals surface area contributed by atoms with E-state index in [-0.39, 0.29) is 11.9 Å². The van der Waals surface area contributed by atoms with E-state index in [1.165, 1.54) is 0 Å². The number of nitrogens with zero attached hydrogens (tertiary/aromatic N) is 2. The third kappa shape index (κ3) is 4.13. The first-order valence-electron chi connectivity index (χ1n) is 10.2. The van der Waals surface area contributed by atoms with E-state index >= 15 is 0 Å². The van der Waals surface area contributed by atoms with Crippen LogP contribution in [0.2, 0.25) is 0 Å². The van der Waals surface area contributed by atoms with Gasteiger partial charge in [0.05, 0.1) is 31.5 Å². The summed E-state index contributed by atoms with van der Waals surface area (Å²) in [6.45, 7) is 10.2. The van der Waals surface area contributed by atoms with Crippen molar-refractivity contribution in [3.05, 3.63) is 29.8 Å². The van der Waals surface area contributed by atoms with Gasteiger partial charge < -0.3 is 19.7 Å². The topological polar surface area (TPSA) is 54.0 Å². The molecule has 0 spiro atoms. The minimum absolute atomic E-state index is 0.0308. The number of amides is 1. The fraction of sp³-hybridized carbons (Fsp3) is 0.667. The van der Waals surface area contributed by atoms with Gasteiger partial charge in [-0.05, 0) is 24.5 Å². The summed E-state index contributed by atoms with van der Waals surface area (Å²) in [4.78, 5) is 17.8. The Bertz CT molecular complexity index is 660. The van der Waals surface area contributed by atoms with Crippen LogP contribution in [0.1, 0.15) is 30.6 Å². The van der Waals surface area contributed by atoms with Crippen molar-refractivity contribution in [3.8, 4) is 0 Å². The van der Waals surface area contributed by atoms with Crippen molar-refractivity contribution in [2.45, 2.75) is 38.5 Å². The quantitative estimate of drug-likeness (QED) is 0.872. The summed E-state index contributed by atoms with van der Waals surface area (Å²) >= 11 is 0. The van der Waals surface area contributed by atoms with E-state index in [1.54, 1.807) is 0 Å². The minimum Gasteiger partial charge on any atom is -0.378 e. The zero-order valence-electron chi connectivity index (χ0n) is 16.4. The summed E-state index contributed by atoms with van der Waals surface area (Å²) < 4.78 is 11.5. The van der Waals surface area contributed by atoms with Crippen LogP contribution in [0.4, 0.5) is 5.69 Å². The molecule has 4 rings (SSSR count). The summed E-state index contributed by atoms with van der Waals surface area (Å²) in [5, 5.41) is 3.28. The van der Waals surface area contributed by atoms with E-state index in [2.05, 4.69) is 29.0 Å². The number of carbonyl (C=O) groups excluding carboxylic acids is 1. The molecule has 1 aromatic rings. The maximum absolute atomic E-state index is 13.0. The number of benzene rings is 1. The summed E-state index contributed by atoms with van der Waals surface area (Å²) in [6, 6.07) is 8.53. The number of ether oxygens (including phenoxy) is 2. The van der Waals surface area contributed by atoms with E-state index in [0.29, 0.717) is 31.3 Å². The van der Waals surface area contributed by atoms with Gasteiger partial charge in [0.1, 0.15) is 0 Å². The molecule has 3 aliphatic rings. The van der Waals surface area contributed by atoms with Crippen LogP contribution < -0.4 is 10.2 Å². The van der Waals surface area contributed by atoms with Crippen molar-refractivity contribution in [1.29, 1.82) is 0 Å². The molecule has 0 aliphatic carbocycles. The molecular formula is C21H31N3O3. The monoisotopic (exact) mass is 373 g/mol. The lowest BCUT2D eigenvalue weighted by Crippen LogP contribution is -2.48. The van der Waals surface area contributed by atoms with Crippen LogP contribution in [0.5, 0.6) is 0 Å². The molecule has 0 aromatic heterocycles. The van der Waals surface area contributed by atoms with Crippen molar-refractivity contribution >= 4 is 11.6 Å². The Balaban J connectivity index is 1.40. The van der Waals surface area contributed by atoms with E-state index in [0.717, 1.165) is 50.5 Å². The minimum atomic E-state index is 0.0308. The predicted molar refractivity (Wildman–Crippen MR) is 105 cm³/mol. The average molecular weight is 373 g/mol. The summed E-state index contributed by atoms with van der Waals surface area (Å²) in [6.07, 6.45) is 1.27. The SMILES string of the molecule is CC(C)[C@@H]1CN2C[C@@H](NC(=O)c3ccccc3N3CCOCC3)C[C@H]2CO1. The first-order valence-corrected chi connectivity index (χ1v) is 10.2. The maximum Gasteiger partial charge on any atom is 0.253 e. The smallest absolute Gasteiger partial charge is 0.253 e. The van der Waals surface area contributed by atoms with Gasteiger partial charge in [0.15, 0.2) is 0 Å². The lowest BCUT2D eigenvalue weighted by Gasteiger charge is -2.36. The molecule has 1 aromatic carbocycles. The van der Waals surface area contributed by atoms with Gasteiger partial charge in [-0.2, -0.15) is 0 Å². The van der Waals surface area contributed by atoms with E-state index in [4.69, 9.17) is 9.47 Å². The van der Waals surface area contributed by atoms with Crippen LogP contribution >= 0.6 is 0 Å². The summed E-state index contributed by atoms with van der Waals surface area (Å²) in [5.41, 5.74) is 1.78. The number of nitrogens with one attached hydrogen (secondary N) is 1. The number of hydrogen-bond acceptors (Lipinski definition) is 5. The van der Waals surface area contributed by atoms with Crippen LogP contribution in [0.25, 0.3) is 0 Å². The van der Waals surface area contributed by atoms with Gasteiger partial charge >= 0.3 is 0 Å². The third-order valence-electron chi connectivity index (χ3n) is 6.02. The van der Waals surface area contributed by atoms with Crippen LogP contribution in [-0.4, -0.2) is 75.0 Å². The van der Waals surface area contributed by atoms with Gasteiger partial charge in [0, 0.05) is 44.0 Å².